The van der Waals surface area contributed by atoms with Gasteiger partial charge in [-0.05, 0) is 25.0 Å². The summed E-state index contributed by atoms with van der Waals surface area (Å²) in [6.07, 6.45) is 1.74. The minimum atomic E-state index is -1.41. The summed E-state index contributed by atoms with van der Waals surface area (Å²) in [5.41, 5.74) is 1.96. The first-order valence-corrected chi connectivity index (χ1v) is 10.2. The van der Waals surface area contributed by atoms with Gasteiger partial charge in [0.2, 0.25) is 0 Å². The number of hydrogen-bond acceptors (Lipinski definition) is 3. The smallest absolute Gasteiger partial charge is 0.262 e. The van der Waals surface area contributed by atoms with Crippen LogP contribution in [0.25, 0.3) is 0 Å². The SMILES string of the molecule is CCN(/C=C(/C(=O)NCc1ccccc1)S(=O)Cc1ccccc1)CC. The van der Waals surface area contributed by atoms with E-state index in [0.717, 1.165) is 24.2 Å². The second-order valence-electron chi connectivity index (χ2n) is 5.86. The van der Waals surface area contributed by atoms with E-state index in [1.54, 1.807) is 6.20 Å². The fourth-order valence-corrected chi connectivity index (χ4v) is 3.66. The normalized spacial score (nSPS) is 12.5. The first kappa shape index (κ1) is 19.9. The van der Waals surface area contributed by atoms with Crippen molar-refractivity contribution in [1.29, 1.82) is 0 Å². The molecular formula is C21H26N2O2S. The van der Waals surface area contributed by atoms with Gasteiger partial charge in [-0.2, -0.15) is 0 Å². The molecule has 0 aliphatic carbocycles. The molecule has 0 fully saturated rings. The van der Waals surface area contributed by atoms with Crippen LogP contribution in [0.4, 0.5) is 0 Å². The molecule has 0 radical (unpaired) electrons. The Balaban J connectivity index is 2.14. The molecule has 2 rings (SSSR count). The molecule has 4 nitrogen and oxygen atoms in total. The Kier molecular flexibility index (Phi) is 8.09. The molecule has 0 saturated heterocycles. The fourth-order valence-electron chi connectivity index (χ4n) is 2.46. The lowest BCUT2D eigenvalue weighted by molar-refractivity contribution is -0.117. The molecule has 5 heteroatoms. The molecular weight excluding hydrogens is 344 g/mol. The van der Waals surface area contributed by atoms with Crippen molar-refractivity contribution in [2.75, 3.05) is 13.1 Å². The molecule has 138 valence electrons. The minimum Gasteiger partial charge on any atom is -0.377 e. The Morgan fingerprint density at radius 2 is 1.50 bits per heavy atom. The van der Waals surface area contributed by atoms with Crippen LogP contribution < -0.4 is 5.32 Å². The van der Waals surface area contributed by atoms with E-state index in [1.165, 1.54) is 0 Å². The Bertz CT molecular complexity index is 741. The first-order chi connectivity index (χ1) is 12.6. The van der Waals surface area contributed by atoms with Gasteiger partial charge < -0.3 is 10.2 Å². The van der Waals surface area contributed by atoms with Crippen molar-refractivity contribution in [2.45, 2.75) is 26.1 Å². The standard InChI is InChI=1S/C21H26N2O2S/c1-3-23(4-2)16-20(26(25)17-19-13-9-6-10-14-19)21(24)22-15-18-11-7-5-8-12-18/h5-14,16H,3-4,15,17H2,1-2H3,(H,22,24)/b20-16-. The number of nitrogens with one attached hydrogen (secondary N) is 1. The molecule has 1 unspecified atom stereocenters. The van der Waals surface area contributed by atoms with Crippen molar-refractivity contribution < 1.29 is 9.00 Å². The monoisotopic (exact) mass is 370 g/mol. The predicted molar refractivity (Wildman–Crippen MR) is 108 cm³/mol. The number of nitrogens with zero attached hydrogens (tertiary/aromatic N) is 1. The highest BCUT2D eigenvalue weighted by atomic mass is 32.2. The Labute approximate surface area is 158 Å². The first-order valence-electron chi connectivity index (χ1n) is 8.84. The van der Waals surface area contributed by atoms with E-state index < -0.39 is 10.8 Å². The van der Waals surface area contributed by atoms with Gasteiger partial charge in [-0.25, -0.2) is 0 Å². The van der Waals surface area contributed by atoms with Gasteiger partial charge in [-0.3, -0.25) is 9.00 Å². The third-order valence-electron chi connectivity index (χ3n) is 4.02. The van der Waals surface area contributed by atoms with Crippen molar-refractivity contribution in [2.24, 2.45) is 0 Å². The summed E-state index contributed by atoms with van der Waals surface area (Å²) >= 11 is 0. The molecule has 0 aliphatic heterocycles. The maximum absolute atomic E-state index is 12.9. The van der Waals surface area contributed by atoms with Gasteiger partial charge in [-0.1, -0.05) is 60.7 Å². The summed E-state index contributed by atoms with van der Waals surface area (Å²) in [6.45, 7) is 5.96. The molecule has 1 atom stereocenters. The Hall–Kier alpha value is -2.40. The molecule has 1 N–H and O–H groups in total. The van der Waals surface area contributed by atoms with Crippen molar-refractivity contribution in [3.63, 3.8) is 0 Å². The van der Waals surface area contributed by atoms with Crippen molar-refractivity contribution in [1.82, 2.24) is 10.2 Å². The zero-order valence-corrected chi connectivity index (χ0v) is 16.2. The van der Waals surface area contributed by atoms with Crippen LogP contribution in [0.2, 0.25) is 0 Å². The minimum absolute atomic E-state index is 0.282. The van der Waals surface area contributed by atoms with Crippen LogP contribution in [0, 0.1) is 0 Å². The molecule has 0 aromatic heterocycles. The number of benzene rings is 2. The Morgan fingerprint density at radius 1 is 0.962 bits per heavy atom. The second kappa shape index (κ2) is 10.6. The van der Waals surface area contributed by atoms with Gasteiger partial charge in [-0.15, -0.1) is 0 Å². The largest absolute Gasteiger partial charge is 0.377 e. The topological polar surface area (TPSA) is 49.4 Å². The van der Waals surface area contributed by atoms with Crippen molar-refractivity contribution in [3.8, 4) is 0 Å². The third kappa shape index (κ3) is 6.15. The van der Waals surface area contributed by atoms with Gasteiger partial charge >= 0.3 is 0 Å². The van der Waals surface area contributed by atoms with Crippen LogP contribution in [0.15, 0.2) is 71.8 Å². The average molecular weight is 371 g/mol. The molecule has 0 aliphatic rings. The van der Waals surface area contributed by atoms with Crippen molar-refractivity contribution in [3.05, 3.63) is 82.9 Å². The maximum atomic E-state index is 12.9. The van der Waals surface area contributed by atoms with Gasteiger partial charge in [0.1, 0.15) is 4.91 Å². The van der Waals surface area contributed by atoms with Gasteiger partial charge in [0.15, 0.2) is 0 Å². The van der Waals surface area contributed by atoms with Gasteiger partial charge in [0, 0.05) is 25.8 Å². The van der Waals surface area contributed by atoms with Gasteiger partial charge in [0.25, 0.3) is 5.91 Å². The number of carbonyl (C=O) groups is 1. The lowest BCUT2D eigenvalue weighted by Crippen LogP contribution is -2.29. The second-order valence-corrected chi connectivity index (χ2v) is 7.28. The van der Waals surface area contributed by atoms with Crippen LogP contribution in [-0.4, -0.2) is 28.1 Å². The highest BCUT2D eigenvalue weighted by Crippen LogP contribution is 2.12. The average Bonchev–Trinajstić information content (AvgIpc) is 2.68. The molecule has 0 heterocycles. The Morgan fingerprint density at radius 3 is 2.04 bits per heavy atom. The van der Waals surface area contributed by atoms with Gasteiger partial charge in [0.05, 0.1) is 16.6 Å². The zero-order valence-electron chi connectivity index (χ0n) is 15.4. The summed E-state index contributed by atoms with van der Waals surface area (Å²) in [6, 6.07) is 19.3. The quantitative estimate of drug-likeness (QED) is 0.688. The van der Waals surface area contributed by atoms with Crippen LogP contribution >= 0.6 is 0 Å². The van der Waals surface area contributed by atoms with E-state index >= 15 is 0 Å². The summed E-state index contributed by atoms with van der Waals surface area (Å²) in [7, 11) is -1.41. The molecule has 0 saturated carbocycles. The lowest BCUT2D eigenvalue weighted by Gasteiger charge is -2.18. The van der Waals surface area contributed by atoms with E-state index in [-0.39, 0.29) is 5.91 Å². The molecule has 2 aromatic carbocycles. The fraction of sp³-hybridized carbons (Fsp3) is 0.286. The van der Waals surface area contributed by atoms with E-state index in [4.69, 9.17) is 0 Å². The zero-order chi connectivity index (χ0) is 18.8. The third-order valence-corrected chi connectivity index (χ3v) is 5.39. The summed E-state index contributed by atoms with van der Waals surface area (Å²) in [5.74, 6) is 0.0437. The summed E-state index contributed by atoms with van der Waals surface area (Å²) in [5, 5.41) is 2.89. The predicted octanol–water partition coefficient (Wildman–Crippen LogP) is 3.43. The number of rotatable bonds is 9. The van der Waals surface area contributed by atoms with E-state index in [0.29, 0.717) is 17.2 Å². The molecule has 2 aromatic rings. The lowest BCUT2D eigenvalue weighted by atomic mass is 10.2. The van der Waals surface area contributed by atoms with E-state index in [9.17, 15) is 9.00 Å². The van der Waals surface area contributed by atoms with Crippen LogP contribution in [0.3, 0.4) is 0 Å². The number of amides is 1. The summed E-state index contributed by atoms with van der Waals surface area (Å²) in [4.78, 5) is 15.0. The number of carbonyl (C=O) groups excluding carboxylic acids is 1. The molecule has 26 heavy (non-hydrogen) atoms. The van der Waals surface area contributed by atoms with Crippen LogP contribution in [-0.2, 0) is 27.9 Å². The molecule has 0 bridgehead atoms. The van der Waals surface area contributed by atoms with E-state index in [2.05, 4.69) is 5.32 Å². The maximum Gasteiger partial charge on any atom is 0.262 e. The number of hydrogen-bond donors (Lipinski definition) is 1. The highest BCUT2D eigenvalue weighted by molar-refractivity contribution is 7.89. The van der Waals surface area contributed by atoms with Crippen LogP contribution in [0.5, 0.6) is 0 Å². The highest BCUT2D eigenvalue weighted by Gasteiger charge is 2.18. The molecule has 1 amide bonds. The summed E-state index contributed by atoms with van der Waals surface area (Å²) < 4.78 is 12.9. The van der Waals surface area contributed by atoms with E-state index in [1.807, 2.05) is 79.4 Å². The van der Waals surface area contributed by atoms with Crippen molar-refractivity contribution >= 4 is 16.7 Å². The molecule has 0 spiro atoms. The van der Waals surface area contributed by atoms with Crippen LogP contribution in [0.1, 0.15) is 25.0 Å².